The molecular formula is C15H27N3O3. The Morgan fingerprint density at radius 3 is 2.57 bits per heavy atom. The van der Waals surface area contributed by atoms with E-state index in [1.165, 1.54) is 4.90 Å². The van der Waals surface area contributed by atoms with Crippen LogP contribution in [0.4, 0.5) is 4.79 Å². The highest BCUT2D eigenvalue weighted by molar-refractivity contribution is 5.83. The molecule has 2 saturated heterocycles. The molecule has 2 amide bonds. The van der Waals surface area contributed by atoms with E-state index in [1.807, 2.05) is 20.9 Å². The van der Waals surface area contributed by atoms with Gasteiger partial charge in [-0.2, -0.15) is 0 Å². The quantitative estimate of drug-likeness (QED) is 0.807. The van der Waals surface area contributed by atoms with Crippen LogP contribution in [0.25, 0.3) is 0 Å². The van der Waals surface area contributed by atoms with Crippen LogP contribution in [0.15, 0.2) is 0 Å². The van der Waals surface area contributed by atoms with E-state index in [-0.39, 0.29) is 17.5 Å². The van der Waals surface area contributed by atoms with Crippen LogP contribution in [-0.2, 0) is 4.79 Å². The minimum atomic E-state index is -0.907. The van der Waals surface area contributed by atoms with Gasteiger partial charge in [0.25, 0.3) is 0 Å². The number of carboxylic acids is 1. The monoisotopic (exact) mass is 297 g/mol. The van der Waals surface area contributed by atoms with Gasteiger partial charge in [-0.3, -0.25) is 0 Å². The SMILES string of the molecule is CN1CCCC(NC(=O)N2CCCC(C)(C)C2C(=O)O)C1. The highest BCUT2D eigenvalue weighted by atomic mass is 16.4. The van der Waals surface area contributed by atoms with Crippen LogP contribution >= 0.6 is 0 Å². The number of nitrogens with one attached hydrogen (secondary N) is 1. The zero-order valence-electron chi connectivity index (χ0n) is 13.3. The van der Waals surface area contributed by atoms with Crippen molar-refractivity contribution < 1.29 is 14.7 Å². The Bertz CT molecular complexity index is 411. The van der Waals surface area contributed by atoms with Crippen molar-refractivity contribution >= 4 is 12.0 Å². The molecule has 6 heteroatoms. The van der Waals surface area contributed by atoms with Crippen molar-refractivity contribution in [1.29, 1.82) is 0 Å². The van der Waals surface area contributed by atoms with Gasteiger partial charge in [0, 0.05) is 19.1 Å². The van der Waals surface area contributed by atoms with Crippen molar-refractivity contribution in [1.82, 2.24) is 15.1 Å². The van der Waals surface area contributed by atoms with Crippen LogP contribution in [0, 0.1) is 5.41 Å². The Morgan fingerprint density at radius 1 is 1.24 bits per heavy atom. The predicted octanol–water partition coefficient (Wildman–Crippen LogP) is 1.37. The summed E-state index contributed by atoms with van der Waals surface area (Å²) in [6, 6.07) is -0.848. The average molecular weight is 297 g/mol. The van der Waals surface area contributed by atoms with Gasteiger partial charge < -0.3 is 20.2 Å². The lowest BCUT2D eigenvalue weighted by molar-refractivity contribution is -0.148. The Kier molecular flexibility index (Phi) is 4.76. The summed E-state index contributed by atoms with van der Waals surface area (Å²) in [7, 11) is 2.04. The molecule has 2 heterocycles. The van der Waals surface area contributed by atoms with E-state index in [1.54, 1.807) is 0 Å². The Hall–Kier alpha value is -1.30. The Morgan fingerprint density at radius 2 is 1.95 bits per heavy atom. The average Bonchev–Trinajstić information content (AvgIpc) is 2.36. The highest BCUT2D eigenvalue weighted by Gasteiger charge is 2.44. The summed E-state index contributed by atoms with van der Waals surface area (Å²) in [6.45, 7) is 6.27. The minimum Gasteiger partial charge on any atom is -0.480 e. The summed E-state index contributed by atoms with van der Waals surface area (Å²) in [5, 5.41) is 12.5. The molecule has 0 bridgehead atoms. The fraction of sp³-hybridized carbons (Fsp3) is 0.867. The number of hydrogen-bond donors (Lipinski definition) is 2. The van der Waals surface area contributed by atoms with E-state index < -0.39 is 12.0 Å². The molecular weight excluding hydrogens is 270 g/mol. The van der Waals surface area contributed by atoms with Crippen molar-refractivity contribution in [3.05, 3.63) is 0 Å². The number of rotatable bonds is 2. The number of carboxylic acid groups (broad SMARTS) is 1. The third-order valence-corrected chi connectivity index (χ3v) is 4.72. The van der Waals surface area contributed by atoms with E-state index in [9.17, 15) is 14.7 Å². The number of piperidine rings is 2. The molecule has 0 spiro atoms. The molecule has 0 aromatic carbocycles. The number of nitrogens with zero attached hydrogens (tertiary/aromatic N) is 2. The molecule has 0 aromatic heterocycles. The van der Waals surface area contributed by atoms with Crippen LogP contribution in [0.5, 0.6) is 0 Å². The number of likely N-dealkylation sites (tertiary alicyclic amines) is 2. The molecule has 2 aliphatic rings. The van der Waals surface area contributed by atoms with Gasteiger partial charge in [-0.05, 0) is 44.7 Å². The smallest absolute Gasteiger partial charge is 0.327 e. The van der Waals surface area contributed by atoms with E-state index >= 15 is 0 Å². The number of aliphatic carboxylic acids is 1. The van der Waals surface area contributed by atoms with Crippen LogP contribution in [0.3, 0.4) is 0 Å². The summed E-state index contributed by atoms with van der Waals surface area (Å²) in [5.41, 5.74) is -0.384. The number of carbonyl (C=O) groups is 2. The molecule has 2 atom stereocenters. The first-order valence-corrected chi connectivity index (χ1v) is 7.80. The maximum atomic E-state index is 12.5. The van der Waals surface area contributed by atoms with Crippen molar-refractivity contribution in [2.24, 2.45) is 5.41 Å². The molecule has 0 aliphatic carbocycles. The van der Waals surface area contributed by atoms with Crippen LogP contribution in [0.2, 0.25) is 0 Å². The molecule has 2 fully saturated rings. The van der Waals surface area contributed by atoms with Crippen LogP contribution < -0.4 is 5.32 Å². The van der Waals surface area contributed by atoms with Gasteiger partial charge in [-0.25, -0.2) is 9.59 Å². The molecule has 0 saturated carbocycles. The van der Waals surface area contributed by atoms with Crippen molar-refractivity contribution in [3.63, 3.8) is 0 Å². The Balaban J connectivity index is 2.04. The molecule has 2 N–H and O–H groups in total. The van der Waals surface area contributed by atoms with Crippen molar-refractivity contribution in [2.75, 3.05) is 26.7 Å². The van der Waals surface area contributed by atoms with E-state index in [0.29, 0.717) is 6.54 Å². The fourth-order valence-electron chi connectivity index (χ4n) is 3.62. The summed E-state index contributed by atoms with van der Waals surface area (Å²) in [6.07, 6.45) is 3.72. The van der Waals surface area contributed by atoms with Crippen LogP contribution in [-0.4, -0.2) is 65.7 Å². The first-order valence-electron chi connectivity index (χ1n) is 7.80. The van der Waals surface area contributed by atoms with Crippen LogP contribution in [0.1, 0.15) is 39.5 Å². The number of carbonyl (C=O) groups excluding carboxylic acids is 1. The zero-order chi connectivity index (χ0) is 15.6. The van der Waals surface area contributed by atoms with E-state index in [4.69, 9.17) is 0 Å². The molecule has 120 valence electrons. The normalized spacial score (nSPS) is 30.0. The second kappa shape index (κ2) is 6.22. The molecule has 2 aliphatic heterocycles. The van der Waals surface area contributed by atoms with Gasteiger partial charge in [0.2, 0.25) is 0 Å². The van der Waals surface area contributed by atoms with E-state index in [2.05, 4.69) is 10.2 Å². The van der Waals surface area contributed by atoms with Gasteiger partial charge in [-0.1, -0.05) is 13.8 Å². The lowest BCUT2D eigenvalue weighted by atomic mass is 9.76. The third-order valence-electron chi connectivity index (χ3n) is 4.72. The fourth-order valence-corrected chi connectivity index (χ4v) is 3.62. The first-order chi connectivity index (χ1) is 9.81. The van der Waals surface area contributed by atoms with Gasteiger partial charge >= 0.3 is 12.0 Å². The van der Waals surface area contributed by atoms with Crippen molar-refractivity contribution in [3.8, 4) is 0 Å². The van der Waals surface area contributed by atoms with Gasteiger partial charge in [0.05, 0.1) is 0 Å². The summed E-state index contributed by atoms with van der Waals surface area (Å²) >= 11 is 0. The summed E-state index contributed by atoms with van der Waals surface area (Å²) in [4.78, 5) is 27.8. The number of likely N-dealkylation sites (N-methyl/N-ethyl adjacent to an activating group) is 1. The summed E-state index contributed by atoms with van der Waals surface area (Å²) in [5.74, 6) is -0.907. The molecule has 6 nitrogen and oxygen atoms in total. The maximum Gasteiger partial charge on any atom is 0.327 e. The largest absolute Gasteiger partial charge is 0.480 e. The number of urea groups is 1. The first kappa shape index (κ1) is 16.1. The lowest BCUT2D eigenvalue weighted by Gasteiger charge is -2.44. The van der Waals surface area contributed by atoms with Gasteiger partial charge in [0.1, 0.15) is 6.04 Å². The third kappa shape index (κ3) is 3.67. The highest BCUT2D eigenvalue weighted by Crippen LogP contribution is 2.35. The number of amides is 2. The predicted molar refractivity (Wildman–Crippen MR) is 80.2 cm³/mol. The molecule has 2 unspecified atom stereocenters. The topological polar surface area (TPSA) is 72.9 Å². The standard InChI is InChI=1S/C15H27N3O3/c1-15(2)7-5-9-18(12(15)13(19)20)14(21)16-11-6-4-8-17(3)10-11/h11-12H,4-10H2,1-3H3,(H,16,21)(H,19,20). The number of hydrogen-bond acceptors (Lipinski definition) is 3. The maximum absolute atomic E-state index is 12.5. The van der Waals surface area contributed by atoms with Gasteiger partial charge in [-0.15, -0.1) is 0 Å². The molecule has 0 radical (unpaired) electrons. The minimum absolute atomic E-state index is 0.121. The Labute approximate surface area is 126 Å². The molecule has 2 rings (SSSR count). The second-order valence-corrected chi connectivity index (χ2v) is 7.08. The second-order valence-electron chi connectivity index (χ2n) is 7.08. The zero-order valence-corrected chi connectivity index (χ0v) is 13.3. The molecule has 0 aromatic rings. The van der Waals surface area contributed by atoms with Crippen molar-refractivity contribution in [2.45, 2.75) is 51.6 Å². The summed E-state index contributed by atoms with van der Waals surface area (Å²) < 4.78 is 0. The molecule has 21 heavy (non-hydrogen) atoms. The van der Waals surface area contributed by atoms with Gasteiger partial charge in [0.15, 0.2) is 0 Å². The lowest BCUT2D eigenvalue weighted by Crippen LogP contribution is -2.60. The van der Waals surface area contributed by atoms with E-state index in [0.717, 1.165) is 38.8 Å².